The highest BCUT2D eigenvalue weighted by Crippen LogP contribution is 2.28. The largest absolute Gasteiger partial charge is 0.327 e. The molecule has 0 aromatic carbocycles. The first-order valence-electron chi connectivity index (χ1n) is 7.60. The van der Waals surface area contributed by atoms with E-state index < -0.39 is 0 Å². The quantitative estimate of drug-likeness (QED) is 0.833. The van der Waals surface area contributed by atoms with E-state index in [1.54, 1.807) is 0 Å². The molecule has 2 N–H and O–H groups in total. The Morgan fingerprint density at radius 3 is 2.89 bits per heavy atom. The Hall–Kier alpha value is -0.480. The van der Waals surface area contributed by atoms with Crippen LogP contribution in [0.3, 0.4) is 0 Å². The van der Waals surface area contributed by atoms with E-state index in [4.69, 9.17) is 10.8 Å². The standard InChI is InChI=1S/C15H27N3S/c1-3-12(2)19-11-13(16)10-14-8-9-18(17-14)15-6-4-5-7-15/h8-9,12-13,15H,3-7,10-11,16H2,1-2H3. The minimum absolute atomic E-state index is 0.228. The van der Waals surface area contributed by atoms with Gasteiger partial charge in [0.15, 0.2) is 0 Å². The molecule has 2 atom stereocenters. The average Bonchev–Trinajstić information content (AvgIpc) is 3.06. The van der Waals surface area contributed by atoms with Crippen molar-refractivity contribution in [1.29, 1.82) is 0 Å². The molecule has 1 heterocycles. The van der Waals surface area contributed by atoms with Crippen molar-refractivity contribution in [3.8, 4) is 0 Å². The van der Waals surface area contributed by atoms with Gasteiger partial charge in [-0.25, -0.2) is 0 Å². The third-order valence-electron chi connectivity index (χ3n) is 4.00. The van der Waals surface area contributed by atoms with Gasteiger partial charge in [0.2, 0.25) is 0 Å². The Labute approximate surface area is 121 Å². The molecule has 0 radical (unpaired) electrons. The predicted molar refractivity (Wildman–Crippen MR) is 83.6 cm³/mol. The van der Waals surface area contributed by atoms with Crippen molar-refractivity contribution in [3.63, 3.8) is 0 Å². The van der Waals surface area contributed by atoms with Crippen molar-refractivity contribution < 1.29 is 0 Å². The predicted octanol–water partition coefficient (Wildman–Crippen LogP) is 3.40. The fourth-order valence-electron chi connectivity index (χ4n) is 2.59. The maximum absolute atomic E-state index is 6.20. The average molecular weight is 281 g/mol. The molecule has 0 bridgehead atoms. The lowest BCUT2D eigenvalue weighted by atomic mass is 10.2. The Bertz CT molecular complexity index is 371. The first-order chi connectivity index (χ1) is 9.19. The summed E-state index contributed by atoms with van der Waals surface area (Å²) in [5, 5.41) is 5.42. The third-order valence-corrected chi connectivity index (χ3v) is 5.53. The van der Waals surface area contributed by atoms with E-state index in [0.29, 0.717) is 11.3 Å². The number of rotatable bonds is 7. The van der Waals surface area contributed by atoms with E-state index in [1.165, 1.54) is 32.1 Å². The maximum Gasteiger partial charge on any atom is 0.0640 e. The minimum atomic E-state index is 0.228. The summed E-state index contributed by atoms with van der Waals surface area (Å²) in [5.41, 5.74) is 7.36. The smallest absolute Gasteiger partial charge is 0.0640 e. The molecule has 1 aromatic rings. The molecule has 1 fully saturated rings. The molecule has 1 aliphatic carbocycles. The molecule has 0 spiro atoms. The highest BCUT2D eigenvalue weighted by molar-refractivity contribution is 7.99. The third kappa shape index (κ3) is 4.53. The Morgan fingerprint density at radius 1 is 1.47 bits per heavy atom. The SMILES string of the molecule is CCC(C)SCC(N)Cc1ccn(C2CCCC2)n1. The number of aromatic nitrogens is 2. The summed E-state index contributed by atoms with van der Waals surface area (Å²) in [6.45, 7) is 4.50. The molecule has 19 heavy (non-hydrogen) atoms. The van der Waals surface area contributed by atoms with Gasteiger partial charge in [-0.1, -0.05) is 26.7 Å². The minimum Gasteiger partial charge on any atom is -0.327 e. The Morgan fingerprint density at radius 2 is 2.21 bits per heavy atom. The molecule has 0 amide bonds. The second kappa shape index (κ2) is 7.34. The summed E-state index contributed by atoms with van der Waals surface area (Å²) < 4.78 is 2.16. The molecule has 1 aromatic heterocycles. The van der Waals surface area contributed by atoms with E-state index >= 15 is 0 Å². The van der Waals surface area contributed by atoms with E-state index in [0.717, 1.165) is 17.9 Å². The van der Waals surface area contributed by atoms with Crippen LogP contribution in [0.1, 0.15) is 57.7 Å². The summed E-state index contributed by atoms with van der Waals surface area (Å²) in [4.78, 5) is 0. The zero-order valence-corrected chi connectivity index (χ0v) is 13.0. The summed E-state index contributed by atoms with van der Waals surface area (Å²) >= 11 is 1.98. The lowest BCUT2D eigenvalue weighted by molar-refractivity contribution is 0.461. The molecule has 2 rings (SSSR count). The molecular weight excluding hydrogens is 254 g/mol. The molecule has 4 heteroatoms. The van der Waals surface area contributed by atoms with Gasteiger partial charge >= 0.3 is 0 Å². The lowest BCUT2D eigenvalue weighted by Crippen LogP contribution is -2.26. The highest BCUT2D eigenvalue weighted by atomic mass is 32.2. The van der Waals surface area contributed by atoms with Crippen LogP contribution in [-0.2, 0) is 6.42 Å². The van der Waals surface area contributed by atoms with E-state index in [9.17, 15) is 0 Å². The number of nitrogens with zero attached hydrogens (tertiary/aromatic N) is 2. The van der Waals surface area contributed by atoms with E-state index in [1.807, 2.05) is 11.8 Å². The topological polar surface area (TPSA) is 43.8 Å². The molecule has 3 nitrogen and oxygen atoms in total. The monoisotopic (exact) mass is 281 g/mol. The van der Waals surface area contributed by atoms with Crippen LogP contribution < -0.4 is 5.73 Å². The van der Waals surface area contributed by atoms with Crippen LogP contribution in [0.4, 0.5) is 0 Å². The van der Waals surface area contributed by atoms with Crippen LogP contribution in [0.15, 0.2) is 12.3 Å². The van der Waals surface area contributed by atoms with Crippen molar-refractivity contribution in [1.82, 2.24) is 9.78 Å². The van der Waals surface area contributed by atoms with Crippen LogP contribution in [0.25, 0.3) is 0 Å². The second-order valence-electron chi connectivity index (χ2n) is 5.74. The first kappa shape index (κ1) is 14.9. The van der Waals surface area contributed by atoms with Crippen LogP contribution in [0.5, 0.6) is 0 Å². The van der Waals surface area contributed by atoms with Gasteiger partial charge in [0, 0.05) is 29.7 Å². The summed E-state index contributed by atoms with van der Waals surface area (Å²) in [6.07, 6.45) is 9.54. The lowest BCUT2D eigenvalue weighted by Gasteiger charge is -2.13. The van der Waals surface area contributed by atoms with Crippen molar-refractivity contribution in [2.45, 2.75) is 69.7 Å². The van der Waals surface area contributed by atoms with Crippen molar-refractivity contribution in [2.75, 3.05) is 5.75 Å². The zero-order chi connectivity index (χ0) is 13.7. The zero-order valence-electron chi connectivity index (χ0n) is 12.2. The number of hydrogen-bond acceptors (Lipinski definition) is 3. The summed E-state index contributed by atoms with van der Waals surface area (Å²) in [5.74, 6) is 1.03. The van der Waals surface area contributed by atoms with Gasteiger partial charge in [-0.05, 0) is 25.3 Å². The maximum atomic E-state index is 6.20. The van der Waals surface area contributed by atoms with Gasteiger partial charge in [-0.2, -0.15) is 16.9 Å². The van der Waals surface area contributed by atoms with Crippen molar-refractivity contribution in [2.24, 2.45) is 5.73 Å². The van der Waals surface area contributed by atoms with Gasteiger partial charge in [0.05, 0.1) is 11.7 Å². The van der Waals surface area contributed by atoms with E-state index in [-0.39, 0.29) is 6.04 Å². The molecular formula is C15H27N3S. The Balaban J connectivity index is 1.78. The van der Waals surface area contributed by atoms with Crippen LogP contribution >= 0.6 is 11.8 Å². The molecule has 108 valence electrons. The van der Waals surface area contributed by atoms with Gasteiger partial charge < -0.3 is 5.73 Å². The highest BCUT2D eigenvalue weighted by Gasteiger charge is 2.18. The second-order valence-corrected chi connectivity index (χ2v) is 7.21. The fourth-order valence-corrected chi connectivity index (χ4v) is 3.52. The van der Waals surface area contributed by atoms with Crippen LogP contribution in [0.2, 0.25) is 0 Å². The molecule has 1 saturated carbocycles. The van der Waals surface area contributed by atoms with Crippen LogP contribution in [0, 0.1) is 0 Å². The molecule has 1 aliphatic rings. The fraction of sp³-hybridized carbons (Fsp3) is 0.800. The summed E-state index contributed by atoms with van der Waals surface area (Å²) in [7, 11) is 0. The van der Waals surface area contributed by atoms with Gasteiger partial charge in [0.1, 0.15) is 0 Å². The molecule has 0 aliphatic heterocycles. The molecule has 2 unspecified atom stereocenters. The van der Waals surface area contributed by atoms with Crippen molar-refractivity contribution in [3.05, 3.63) is 18.0 Å². The van der Waals surface area contributed by atoms with Gasteiger partial charge in [-0.15, -0.1) is 0 Å². The summed E-state index contributed by atoms with van der Waals surface area (Å²) in [6, 6.07) is 3.01. The first-order valence-corrected chi connectivity index (χ1v) is 8.65. The number of thioether (sulfide) groups is 1. The van der Waals surface area contributed by atoms with Crippen LogP contribution in [-0.4, -0.2) is 26.8 Å². The normalized spacial score (nSPS) is 19.7. The Kier molecular flexibility index (Phi) is 5.76. The van der Waals surface area contributed by atoms with Crippen molar-refractivity contribution >= 4 is 11.8 Å². The van der Waals surface area contributed by atoms with Gasteiger partial charge in [0.25, 0.3) is 0 Å². The van der Waals surface area contributed by atoms with Gasteiger partial charge in [-0.3, -0.25) is 4.68 Å². The van der Waals surface area contributed by atoms with E-state index in [2.05, 4.69) is 30.8 Å². The number of nitrogens with two attached hydrogens (primary N) is 1. The molecule has 0 saturated heterocycles. The number of hydrogen-bond donors (Lipinski definition) is 1.